The third-order valence-electron chi connectivity index (χ3n) is 4.71. The highest BCUT2D eigenvalue weighted by Crippen LogP contribution is 2.34. The summed E-state index contributed by atoms with van der Waals surface area (Å²) in [5.74, 6) is 0.376. The molecule has 3 aromatic rings. The Morgan fingerprint density at radius 2 is 1.91 bits per heavy atom. The molecule has 32 heavy (non-hydrogen) atoms. The summed E-state index contributed by atoms with van der Waals surface area (Å²) in [5, 5.41) is 19.7. The normalized spacial score (nSPS) is 16.5. The van der Waals surface area contributed by atoms with Crippen LogP contribution in [0.15, 0.2) is 86.5 Å². The van der Waals surface area contributed by atoms with Crippen molar-refractivity contribution in [2.45, 2.75) is 13.5 Å². The van der Waals surface area contributed by atoms with Crippen LogP contribution < -0.4 is 0 Å². The second kappa shape index (κ2) is 9.44. The van der Waals surface area contributed by atoms with Crippen molar-refractivity contribution in [1.82, 2.24) is 4.90 Å². The van der Waals surface area contributed by atoms with E-state index in [0.717, 1.165) is 11.1 Å². The molecule has 0 N–H and O–H groups in total. The SMILES string of the molecule is Cc1ccccc1/C=N\N=C1\S/C(=C\c2ccc([N+](=O)[O-])cc2)C(=O)N1Cc1ccco1. The lowest BCUT2D eigenvalue weighted by molar-refractivity contribution is -0.384. The van der Waals surface area contributed by atoms with Gasteiger partial charge in [0.2, 0.25) is 0 Å². The minimum atomic E-state index is -0.464. The lowest BCUT2D eigenvalue weighted by atomic mass is 10.1. The van der Waals surface area contributed by atoms with Gasteiger partial charge in [0.15, 0.2) is 5.17 Å². The lowest BCUT2D eigenvalue weighted by Crippen LogP contribution is -2.28. The van der Waals surface area contributed by atoms with Gasteiger partial charge in [-0.1, -0.05) is 24.3 Å². The highest BCUT2D eigenvalue weighted by Gasteiger charge is 2.34. The second-order valence-electron chi connectivity index (χ2n) is 6.91. The summed E-state index contributed by atoms with van der Waals surface area (Å²) in [7, 11) is 0. The number of rotatable bonds is 6. The molecule has 4 rings (SSSR count). The molecule has 0 bridgehead atoms. The molecule has 0 atom stereocenters. The zero-order valence-electron chi connectivity index (χ0n) is 17.0. The molecule has 1 fully saturated rings. The van der Waals surface area contributed by atoms with E-state index in [1.165, 1.54) is 28.8 Å². The fourth-order valence-electron chi connectivity index (χ4n) is 3.00. The van der Waals surface area contributed by atoms with E-state index in [1.54, 1.807) is 42.8 Å². The van der Waals surface area contributed by atoms with Crippen molar-refractivity contribution in [3.63, 3.8) is 0 Å². The molecule has 0 saturated carbocycles. The van der Waals surface area contributed by atoms with Gasteiger partial charge < -0.3 is 4.42 Å². The molecule has 0 unspecified atom stereocenters. The molecule has 0 radical (unpaired) electrons. The van der Waals surface area contributed by atoms with E-state index in [0.29, 0.717) is 21.4 Å². The maximum atomic E-state index is 13.1. The number of non-ortho nitro benzene ring substituents is 1. The van der Waals surface area contributed by atoms with E-state index in [2.05, 4.69) is 10.2 Å². The molecule has 9 heteroatoms. The van der Waals surface area contributed by atoms with Crippen LogP contribution in [0.3, 0.4) is 0 Å². The molecule has 160 valence electrons. The lowest BCUT2D eigenvalue weighted by Gasteiger charge is -2.12. The van der Waals surface area contributed by atoms with Crippen molar-refractivity contribution in [2.75, 3.05) is 0 Å². The first-order valence-corrected chi connectivity index (χ1v) is 10.5. The van der Waals surface area contributed by atoms with Gasteiger partial charge in [0.05, 0.1) is 28.9 Å². The van der Waals surface area contributed by atoms with E-state index < -0.39 is 4.92 Å². The van der Waals surface area contributed by atoms with E-state index in [4.69, 9.17) is 4.42 Å². The number of carbonyl (C=O) groups excluding carboxylic acids is 1. The van der Waals surface area contributed by atoms with Gasteiger partial charge in [-0.25, -0.2) is 0 Å². The third-order valence-corrected chi connectivity index (χ3v) is 5.71. The van der Waals surface area contributed by atoms with Crippen molar-refractivity contribution in [2.24, 2.45) is 10.2 Å². The van der Waals surface area contributed by atoms with Crippen LogP contribution in [0.2, 0.25) is 0 Å². The highest BCUT2D eigenvalue weighted by atomic mass is 32.2. The quantitative estimate of drug-likeness (QED) is 0.229. The maximum absolute atomic E-state index is 13.1. The fraction of sp³-hybridized carbons (Fsp3) is 0.0870. The Kier molecular flexibility index (Phi) is 6.27. The Morgan fingerprint density at radius 1 is 1.12 bits per heavy atom. The minimum Gasteiger partial charge on any atom is -0.467 e. The molecule has 0 spiro atoms. The van der Waals surface area contributed by atoms with E-state index in [9.17, 15) is 14.9 Å². The number of thioether (sulfide) groups is 1. The van der Waals surface area contributed by atoms with Gasteiger partial charge in [0, 0.05) is 12.1 Å². The number of aryl methyl sites for hydroxylation is 1. The first-order valence-electron chi connectivity index (χ1n) is 9.66. The van der Waals surface area contributed by atoms with E-state index >= 15 is 0 Å². The number of furan rings is 1. The molecule has 2 aromatic carbocycles. The largest absolute Gasteiger partial charge is 0.467 e. The Morgan fingerprint density at radius 3 is 2.59 bits per heavy atom. The molecular weight excluding hydrogens is 428 g/mol. The Balaban J connectivity index is 1.62. The van der Waals surface area contributed by atoms with Gasteiger partial charge in [-0.05, 0) is 65.7 Å². The number of benzene rings is 2. The average Bonchev–Trinajstić information content (AvgIpc) is 3.40. The number of amides is 1. The predicted molar refractivity (Wildman–Crippen MR) is 124 cm³/mol. The number of nitrogens with zero attached hydrogens (tertiary/aromatic N) is 4. The number of hydrogen-bond acceptors (Lipinski definition) is 7. The van der Waals surface area contributed by atoms with E-state index in [1.807, 2.05) is 31.2 Å². The zero-order valence-corrected chi connectivity index (χ0v) is 17.9. The summed E-state index contributed by atoms with van der Waals surface area (Å²) in [6.07, 6.45) is 4.87. The smallest absolute Gasteiger partial charge is 0.269 e. The van der Waals surface area contributed by atoms with Gasteiger partial charge in [-0.15, -0.1) is 5.10 Å². The monoisotopic (exact) mass is 446 g/mol. The van der Waals surface area contributed by atoms with E-state index in [-0.39, 0.29) is 18.1 Å². The summed E-state index contributed by atoms with van der Waals surface area (Å²) in [6, 6.07) is 17.3. The number of amidine groups is 1. The number of hydrogen-bond donors (Lipinski definition) is 0. The average molecular weight is 446 g/mol. The van der Waals surface area contributed by atoms with Crippen LogP contribution in [-0.4, -0.2) is 27.1 Å². The summed E-state index contributed by atoms with van der Waals surface area (Å²) >= 11 is 1.19. The van der Waals surface area contributed by atoms with Crippen molar-refractivity contribution in [3.8, 4) is 0 Å². The first kappa shape index (κ1) is 21.3. The highest BCUT2D eigenvalue weighted by molar-refractivity contribution is 8.18. The van der Waals surface area contributed by atoms with Gasteiger partial charge in [-0.3, -0.25) is 19.8 Å². The standard InChI is InChI=1S/C23H18N4O4S/c1-16-5-2-3-6-18(16)14-24-25-23-26(15-20-7-4-12-31-20)22(28)21(32-23)13-17-8-10-19(11-9-17)27(29)30/h2-14H,15H2,1H3/b21-13-,24-14-,25-23+. The maximum Gasteiger partial charge on any atom is 0.269 e. The minimum absolute atomic E-state index is 0.00945. The molecule has 1 aromatic heterocycles. The van der Waals surface area contributed by atoms with Gasteiger partial charge in [0.1, 0.15) is 5.76 Å². The molecule has 0 aliphatic carbocycles. The zero-order chi connectivity index (χ0) is 22.5. The molecule has 1 aliphatic rings. The Labute approximate surface area is 188 Å². The molecule has 2 heterocycles. The molecule has 1 amide bonds. The predicted octanol–water partition coefficient (Wildman–Crippen LogP) is 5.00. The van der Waals surface area contributed by atoms with Crippen molar-refractivity contribution in [1.29, 1.82) is 0 Å². The van der Waals surface area contributed by atoms with Crippen LogP contribution in [0.5, 0.6) is 0 Å². The van der Waals surface area contributed by atoms with Gasteiger partial charge >= 0.3 is 0 Å². The van der Waals surface area contributed by atoms with Crippen LogP contribution in [0, 0.1) is 17.0 Å². The second-order valence-corrected chi connectivity index (χ2v) is 7.92. The van der Waals surface area contributed by atoms with Gasteiger partial charge in [-0.2, -0.15) is 5.10 Å². The summed E-state index contributed by atoms with van der Waals surface area (Å²) in [5.41, 5.74) is 2.67. The summed E-state index contributed by atoms with van der Waals surface area (Å²) < 4.78 is 5.39. The van der Waals surface area contributed by atoms with Gasteiger partial charge in [0.25, 0.3) is 11.6 Å². The first-order chi connectivity index (χ1) is 15.5. The molecular formula is C23H18N4O4S. The number of carbonyl (C=O) groups is 1. The van der Waals surface area contributed by atoms with Crippen LogP contribution in [-0.2, 0) is 11.3 Å². The topological polar surface area (TPSA) is 101 Å². The number of nitro benzene ring substituents is 1. The van der Waals surface area contributed by atoms with Crippen LogP contribution in [0.4, 0.5) is 5.69 Å². The number of nitro groups is 1. The Hall–Kier alpha value is -3.98. The van der Waals surface area contributed by atoms with Crippen molar-refractivity contribution < 1.29 is 14.1 Å². The van der Waals surface area contributed by atoms with Crippen LogP contribution in [0.1, 0.15) is 22.5 Å². The molecule has 8 nitrogen and oxygen atoms in total. The Bertz CT molecular complexity index is 1230. The third kappa shape index (κ3) is 4.84. The van der Waals surface area contributed by atoms with Crippen LogP contribution in [0.25, 0.3) is 6.08 Å². The summed E-state index contributed by atoms with van der Waals surface area (Å²) in [4.78, 5) is 25.4. The summed E-state index contributed by atoms with van der Waals surface area (Å²) in [6.45, 7) is 2.20. The van der Waals surface area contributed by atoms with Crippen LogP contribution >= 0.6 is 11.8 Å². The van der Waals surface area contributed by atoms with Crippen molar-refractivity contribution in [3.05, 3.63) is 104 Å². The molecule has 1 aliphatic heterocycles. The molecule has 1 saturated heterocycles. The fourth-order valence-corrected chi connectivity index (χ4v) is 3.93. The van der Waals surface area contributed by atoms with Crippen molar-refractivity contribution >= 4 is 40.8 Å².